The van der Waals surface area contributed by atoms with E-state index in [4.69, 9.17) is 5.84 Å². The molecule has 1 aliphatic rings. The lowest BCUT2D eigenvalue weighted by Gasteiger charge is -2.10. The van der Waals surface area contributed by atoms with E-state index in [2.05, 4.69) is 27.7 Å². The lowest BCUT2D eigenvalue weighted by Crippen LogP contribution is -2.41. The van der Waals surface area contributed by atoms with Gasteiger partial charge >= 0.3 is 0 Å². The minimum atomic E-state index is 0.682. The second kappa shape index (κ2) is 5.82. The first-order valence-corrected chi connectivity index (χ1v) is 5.19. The lowest BCUT2D eigenvalue weighted by atomic mass is 10.1. The summed E-state index contributed by atoms with van der Waals surface area (Å²) in [5.74, 6) is 6.70. The maximum atomic E-state index is 5.32. The van der Waals surface area contributed by atoms with E-state index < -0.39 is 0 Å². The molecule has 0 bridgehead atoms. The Balaban J connectivity index is 2.29. The average Bonchev–Trinajstić information content (AvgIpc) is 2.59. The number of nitrogens with one attached hydrogen (secondary N) is 2. The molecule has 0 aliphatic carbocycles. The number of aliphatic imine (C=N–C) groups is 1. The SMILES string of the molecule is CCNC(=NCC1CCN(C)C1)NN. The number of nitrogens with two attached hydrogens (primary N) is 1. The largest absolute Gasteiger partial charge is 0.356 e. The quantitative estimate of drug-likeness (QED) is 0.245. The predicted molar refractivity (Wildman–Crippen MR) is 58.9 cm³/mol. The van der Waals surface area contributed by atoms with Crippen molar-refractivity contribution in [1.82, 2.24) is 15.6 Å². The molecule has 1 heterocycles. The van der Waals surface area contributed by atoms with E-state index >= 15 is 0 Å². The molecular weight excluding hydrogens is 178 g/mol. The van der Waals surface area contributed by atoms with Crippen molar-refractivity contribution in [1.29, 1.82) is 0 Å². The molecule has 1 aliphatic heterocycles. The van der Waals surface area contributed by atoms with Crippen molar-refractivity contribution in [2.45, 2.75) is 13.3 Å². The van der Waals surface area contributed by atoms with Crippen LogP contribution in [-0.2, 0) is 0 Å². The maximum absolute atomic E-state index is 5.32. The first-order valence-electron chi connectivity index (χ1n) is 5.19. The lowest BCUT2D eigenvalue weighted by molar-refractivity contribution is 0.397. The van der Waals surface area contributed by atoms with E-state index in [0.717, 1.165) is 19.6 Å². The Kier molecular flexibility index (Phi) is 4.69. The van der Waals surface area contributed by atoms with Gasteiger partial charge in [-0.3, -0.25) is 10.4 Å². The van der Waals surface area contributed by atoms with Crippen LogP contribution in [-0.4, -0.2) is 44.1 Å². The molecule has 0 aromatic carbocycles. The third kappa shape index (κ3) is 3.51. The predicted octanol–water partition coefficient (Wildman–Crippen LogP) is -0.633. The zero-order valence-electron chi connectivity index (χ0n) is 9.08. The summed E-state index contributed by atoms with van der Waals surface area (Å²) < 4.78 is 0. The van der Waals surface area contributed by atoms with Crippen molar-refractivity contribution in [3.05, 3.63) is 0 Å². The number of likely N-dealkylation sites (tertiary alicyclic amines) is 1. The van der Waals surface area contributed by atoms with Gasteiger partial charge in [-0.1, -0.05) is 0 Å². The van der Waals surface area contributed by atoms with Gasteiger partial charge in [-0.2, -0.15) is 0 Å². The van der Waals surface area contributed by atoms with E-state index in [9.17, 15) is 0 Å². The number of hydrogen-bond donors (Lipinski definition) is 3. The topological polar surface area (TPSA) is 65.7 Å². The zero-order valence-corrected chi connectivity index (χ0v) is 9.08. The standard InChI is InChI=1S/C9H21N5/c1-3-11-9(13-10)12-6-8-4-5-14(2)7-8/h8H,3-7,10H2,1-2H3,(H2,11,12,13). The molecule has 14 heavy (non-hydrogen) atoms. The third-order valence-electron chi connectivity index (χ3n) is 2.48. The molecule has 0 aromatic heterocycles. The van der Waals surface area contributed by atoms with Gasteiger partial charge in [0.15, 0.2) is 0 Å². The summed E-state index contributed by atoms with van der Waals surface area (Å²) in [6, 6.07) is 0. The van der Waals surface area contributed by atoms with Gasteiger partial charge < -0.3 is 10.2 Å². The fourth-order valence-electron chi connectivity index (χ4n) is 1.72. The normalized spacial score (nSPS) is 23.9. The van der Waals surface area contributed by atoms with Crippen LogP contribution in [0.25, 0.3) is 0 Å². The molecular formula is C9H21N5. The summed E-state index contributed by atoms with van der Waals surface area (Å²) in [4.78, 5) is 6.73. The van der Waals surface area contributed by atoms with E-state index in [1.807, 2.05) is 6.92 Å². The van der Waals surface area contributed by atoms with Crippen LogP contribution in [0.4, 0.5) is 0 Å². The van der Waals surface area contributed by atoms with Gasteiger partial charge in [0.1, 0.15) is 0 Å². The summed E-state index contributed by atoms with van der Waals surface area (Å²) in [7, 11) is 2.15. The van der Waals surface area contributed by atoms with Gasteiger partial charge in [0, 0.05) is 19.6 Å². The highest BCUT2D eigenvalue weighted by Gasteiger charge is 2.18. The average molecular weight is 199 g/mol. The number of nitrogens with zero attached hydrogens (tertiary/aromatic N) is 2. The number of hydrazine groups is 1. The van der Waals surface area contributed by atoms with Crippen LogP contribution in [0, 0.1) is 5.92 Å². The van der Waals surface area contributed by atoms with Crippen LogP contribution in [0.15, 0.2) is 4.99 Å². The monoisotopic (exact) mass is 199 g/mol. The van der Waals surface area contributed by atoms with E-state index in [1.54, 1.807) is 0 Å². The molecule has 0 spiro atoms. The minimum Gasteiger partial charge on any atom is -0.356 e. The summed E-state index contributed by atoms with van der Waals surface area (Å²) in [5, 5.41) is 3.07. The van der Waals surface area contributed by atoms with Gasteiger partial charge in [-0.25, -0.2) is 5.84 Å². The van der Waals surface area contributed by atoms with E-state index in [-0.39, 0.29) is 0 Å². The number of rotatable bonds is 3. The molecule has 5 heteroatoms. The summed E-state index contributed by atoms with van der Waals surface area (Å²) in [6.45, 7) is 6.06. The molecule has 1 rings (SSSR count). The van der Waals surface area contributed by atoms with Crippen molar-refractivity contribution in [3.8, 4) is 0 Å². The van der Waals surface area contributed by atoms with Crippen LogP contribution in [0.2, 0.25) is 0 Å². The second-order valence-electron chi connectivity index (χ2n) is 3.78. The van der Waals surface area contributed by atoms with Crippen molar-refractivity contribution in [2.24, 2.45) is 16.8 Å². The molecule has 0 aromatic rings. The smallest absolute Gasteiger partial charge is 0.205 e. The highest BCUT2D eigenvalue weighted by Crippen LogP contribution is 2.13. The molecule has 1 saturated heterocycles. The van der Waals surface area contributed by atoms with Crippen molar-refractivity contribution in [3.63, 3.8) is 0 Å². The van der Waals surface area contributed by atoms with Crippen LogP contribution in [0.5, 0.6) is 0 Å². The molecule has 1 fully saturated rings. The highest BCUT2D eigenvalue weighted by molar-refractivity contribution is 5.79. The Bertz CT molecular complexity index is 192. The van der Waals surface area contributed by atoms with E-state index in [0.29, 0.717) is 11.9 Å². The Morgan fingerprint density at radius 2 is 2.43 bits per heavy atom. The minimum absolute atomic E-state index is 0.682. The molecule has 0 saturated carbocycles. The molecule has 0 amide bonds. The van der Waals surface area contributed by atoms with Crippen LogP contribution >= 0.6 is 0 Å². The van der Waals surface area contributed by atoms with Gasteiger partial charge in [0.05, 0.1) is 0 Å². The van der Waals surface area contributed by atoms with Gasteiger partial charge in [-0.05, 0) is 32.9 Å². The van der Waals surface area contributed by atoms with Gasteiger partial charge in [0.2, 0.25) is 5.96 Å². The maximum Gasteiger partial charge on any atom is 0.205 e. The number of hydrogen-bond acceptors (Lipinski definition) is 3. The molecule has 82 valence electrons. The zero-order chi connectivity index (χ0) is 10.4. The Hall–Kier alpha value is -0.810. The fraction of sp³-hybridized carbons (Fsp3) is 0.889. The first-order chi connectivity index (χ1) is 6.76. The molecule has 0 radical (unpaired) electrons. The first kappa shape index (κ1) is 11.3. The van der Waals surface area contributed by atoms with E-state index in [1.165, 1.54) is 13.0 Å². The van der Waals surface area contributed by atoms with Crippen LogP contribution in [0.3, 0.4) is 0 Å². The molecule has 5 nitrogen and oxygen atoms in total. The second-order valence-corrected chi connectivity index (χ2v) is 3.78. The van der Waals surface area contributed by atoms with Gasteiger partial charge in [0.25, 0.3) is 0 Å². The Morgan fingerprint density at radius 3 is 2.93 bits per heavy atom. The van der Waals surface area contributed by atoms with Crippen molar-refractivity contribution in [2.75, 3.05) is 33.2 Å². The van der Waals surface area contributed by atoms with Crippen LogP contribution < -0.4 is 16.6 Å². The molecule has 1 atom stereocenters. The van der Waals surface area contributed by atoms with Gasteiger partial charge in [-0.15, -0.1) is 0 Å². The fourth-order valence-corrected chi connectivity index (χ4v) is 1.72. The molecule has 4 N–H and O–H groups in total. The Labute approximate surface area is 85.7 Å². The number of guanidine groups is 1. The third-order valence-corrected chi connectivity index (χ3v) is 2.48. The Morgan fingerprint density at radius 1 is 1.64 bits per heavy atom. The summed E-state index contributed by atoms with van der Waals surface area (Å²) in [5.41, 5.74) is 2.56. The van der Waals surface area contributed by atoms with Crippen molar-refractivity contribution >= 4 is 5.96 Å². The summed E-state index contributed by atoms with van der Waals surface area (Å²) in [6.07, 6.45) is 1.24. The van der Waals surface area contributed by atoms with Crippen LogP contribution in [0.1, 0.15) is 13.3 Å². The summed E-state index contributed by atoms with van der Waals surface area (Å²) >= 11 is 0. The van der Waals surface area contributed by atoms with Crippen molar-refractivity contribution < 1.29 is 0 Å². The molecule has 1 unspecified atom stereocenters. The highest BCUT2D eigenvalue weighted by atomic mass is 15.3.